The molecule has 0 amide bonds. The number of rotatable bonds is 9. The van der Waals surface area contributed by atoms with Gasteiger partial charge in [-0.3, -0.25) is 0 Å². The zero-order chi connectivity index (χ0) is 10.2. The molecule has 1 aliphatic rings. The molecule has 0 unspecified atom stereocenters. The van der Waals surface area contributed by atoms with Crippen molar-refractivity contribution in [1.82, 2.24) is 5.32 Å². The molecule has 84 valence electrons. The van der Waals surface area contributed by atoms with Crippen LogP contribution in [0.3, 0.4) is 0 Å². The van der Waals surface area contributed by atoms with Gasteiger partial charge in [-0.25, -0.2) is 0 Å². The van der Waals surface area contributed by atoms with E-state index in [-0.39, 0.29) is 6.29 Å². The molecule has 4 heteroatoms. The standard InChI is InChI=1S/C10H21NO3/c1-12-10(13-2)7-11-5-6-14-8-9-3-4-9/h9-11H,3-8H2,1-2H3. The molecule has 0 aromatic heterocycles. The molecular weight excluding hydrogens is 182 g/mol. The maximum absolute atomic E-state index is 5.46. The van der Waals surface area contributed by atoms with E-state index in [0.29, 0.717) is 6.54 Å². The molecule has 0 aromatic rings. The second-order valence-corrected chi connectivity index (χ2v) is 3.62. The fraction of sp³-hybridized carbons (Fsp3) is 1.00. The second-order valence-electron chi connectivity index (χ2n) is 3.62. The van der Waals surface area contributed by atoms with E-state index in [4.69, 9.17) is 14.2 Å². The smallest absolute Gasteiger partial charge is 0.169 e. The maximum Gasteiger partial charge on any atom is 0.169 e. The van der Waals surface area contributed by atoms with Crippen LogP contribution in [0.1, 0.15) is 12.8 Å². The first-order valence-electron chi connectivity index (χ1n) is 5.21. The topological polar surface area (TPSA) is 39.7 Å². The molecule has 0 bridgehead atoms. The Bertz CT molecular complexity index is 135. The molecular formula is C10H21NO3. The molecule has 14 heavy (non-hydrogen) atoms. The van der Waals surface area contributed by atoms with E-state index in [1.807, 2.05) is 0 Å². The van der Waals surface area contributed by atoms with Crippen LogP contribution in [0.5, 0.6) is 0 Å². The third-order valence-electron chi connectivity index (χ3n) is 2.31. The summed E-state index contributed by atoms with van der Waals surface area (Å²) in [7, 11) is 3.28. The van der Waals surface area contributed by atoms with Crippen molar-refractivity contribution < 1.29 is 14.2 Å². The first-order valence-corrected chi connectivity index (χ1v) is 5.21. The van der Waals surface area contributed by atoms with Crippen LogP contribution in [-0.2, 0) is 14.2 Å². The third kappa shape index (κ3) is 5.54. The lowest BCUT2D eigenvalue weighted by atomic mass is 10.5. The fourth-order valence-electron chi connectivity index (χ4n) is 1.16. The van der Waals surface area contributed by atoms with Crippen molar-refractivity contribution in [2.75, 3.05) is 40.5 Å². The van der Waals surface area contributed by atoms with Crippen LogP contribution in [0, 0.1) is 5.92 Å². The summed E-state index contributed by atoms with van der Waals surface area (Å²) in [5.74, 6) is 0.848. The van der Waals surface area contributed by atoms with Gasteiger partial charge in [-0.1, -0.05) is 0 Å². The molecule has 1 saturated carbocycles. The molecule has 1 fully saturated rings. The van der Waals surface area contributed by atoms with Gasteiger partial charge in [0.25, 0.3) is 0 Å². The molecule has 0 heterocycles. The first kappa shape index (κ1) is 11.9. The van der Waals surface area contributed by atoms with Crippen LogP contribution in [0.2, 0.25) is 0 Å². The van der Waals surface area contributed by atoms with Gasteiger partial charge in [0.15, 0.2) is 6.29 Å². The minimum absolute atomic E-state index is 0.154. The van der Waals surface area contributed by atoms with Gasteiger partial charge >= 0.3 is 0 Å². The number of ether oxygens (including phenoxy) is 3. The summed E-state index contributed by atoms with van der Waals surface area (Å²) in [6, 6.07) is 0. The number of methoxy groups -OCH3 is 2. The van der Waals surface area contributed by atoms with Crippen LogP contribution < -0.4 is 5.32 Å². The van der Waals surface area contributed by atoms with Crippen LogP contribution in [-0.4, -0.2) is 46.8 Å². The zero-order valence-electron chi connectivity index (χ0n) is 9.12. The molecule has 1 N–H and O–H groups in total. The van der Waals surface area contributed by atoms with Crippen LogP contribution in [0.4, 0.5) is 0 Å². The molecule has 0 spiro atoms. The van der Waals surface area contributed by atoms with Gasteiger partial charge in [0.1, 0.15) is 0 Å². The Balaban J connectivity index is 1.78. The minimum atomic E-state index is -0.154. The average Bonchev–Trinajstić information content (AvgIpc) is 3.01. The molecule has 0 saturated heterocycles. The van der Waals surface area contributed by atoms with Crippen molar-refractivity contribution in [3.05, 3.63) is 0 Å². The van der Waals surface area contributed by atoms with E-state index in [2.05, 4.69) is 5.32 Å². The average molecular weight is 203 g/mol. The van der Waals surface area contributed by atoms with Crippen LogP contribution in [0.15, 0.2) is 0 Å². The van der Waals surface area contributed by atoms with E-state index in [1.54, 1.807) is 14.2 Å². The Hall–Kier alpha value is -0.160. The van der Waals surface area contributed by atoms with Gasteiger partial charge in [0.05, 0.1) is 6.61 Å². The summed E-state index contributed by atoms with van der Waals surface area (Å²) >= 11 is 0. The molecule has 0 atom stereocenters. The normalized spacial score (nSPS) is 16.5. The van der Waals surface area contributed by atoms with Gasteiger partial charge < -0.3 is 19.5 Å². The fourth-order valence-corrected chi connectivity index (χ4v) is 1.16. The number of hydrogen-bond acceptors (Lipinski definition) is 4. The van der Waals surface area contributed by atoms with Gasteiger partial charge in [0.2, 0.25) is 0 Å². The number of nitrogens with one attached hydrogen (secondary N) is 1. The second kappa shape index (κ2) is 7.17. The summed E-state index contributed by atoms with van der Waals surface area (Å²) < 4.78 is 15.5. The molecule has 0 aliphatic heterocycles. The third-order valence-corrected chi connectivity index (χ3v) is 2.31. The molecule has 1 rings (SSSR count). The highest BCUT2D eigenvalue weighted by Gasteiger charge is 2.20. The van der Waals surface area contributed by atoms with E-state index in [0.717, 1.165) is 25.7 Å². The van der Waals surface area contributed by atoms with Crippen molar-refractivity contribution in [2.45, 2.75) is 19.1 Å². The van der Waals surface area contributed by atoms with E-state index >= 15 is 0 Å². The van der Waals surface area contributed by atoms with Gasteiger partial charge in [-0.05, 0) is 18.8 Å². The predicted molar refractivity (Wildman–Crippen MR) is 54.2 cm³/mol. The Morgan fingerprint density at radius 3 is 2.57 bits per heavy atom. The Kier molecular flexibility index (Phi) is 6.10. The Morgan fingerprint density at radius 2 is 2.00 bits per heavy atom. The summed E-state index contributed by atoms with van der Waals surface area (Å²) in [6.45, 7) is 3.27. The lowest BCUT2D eigenvalue weighted by Crippen LogP contribution is -2.32. The van der Waals surface area contributed by atoms with Crippen molar-refractivity contribution in [2.24, 2.45) is 5.92 Å². The quantitative estimate of drug-likeness (QED) is 0.440. The summed E-state index contributed by atoms with van der Waals surface area (Å²) in [5, 5.41) is 3.21. The summed E-state index contributed by atoms with van der Waals surface area (Å²) in [5.41, 5.74) is 0. The number of hydrogen-bond donors (Lipinski definition) is 1. The Morgan fingerprint density at radius 1 is 1.29 bits per heavy atom. The lowest BCUT2D eigenvalue weighted by molar-refractivity contribution is -0.0990. The predicted octanol–water partition coefficient (Wildman–Crippen LogP) is 0.621. The molecule has 1 aliphatic carbocycles. The van der Waals surface area contributed by atoms with Crippen molar-refractivity contribution in [3.63, 3.8) is 0 Å². The van der Waals surface area contributed by atoms with Crippen LogP contribution in [0.25, 0.3) is 0 Å². The van der Waals surface area contributed by atoms with E-state index < -0.39 is 0 Å². The van der Waals surface area contributed by atoms with Gasteiger partial charge in [-0.2, -0.15) is 0 Å². The first-order chi connectivity index (χ1) is 6.86. The van der Waals surface area contributed by atoms with Gasteiger partial charge in [0, 0.05) is 33.9 Å². The molecule has 0 aromatic carbocycles. The molecule has 0 radical (unpaired) electrons. The highest BCUT2D eigenvalue weighted by Crippen LogP contribution is 2.28. The maximum atomic E-state index is 5.46. The zero-order valence-corrected chi connectivity index (χ0v) is 9.12. The molecule has 4 nitrogen and oxygen atoms in total. The minimum Gasteiger partial charge on any atom is -0.380 e. The van der Waals surface area contributed by atoms with Crippen LogP contribution >= 0.6 is 0 Å². The van der Waals surface area contributed by atoms with E-state index in [1.165, 1.54) is 12.8 Å². The largest absolute Gasteiger partial charge is 0.380 e. The highest BCUT2D eigenvalue weighted by molar-refractivity contribution is 4.71. The van der Waals surface area contributed by atoms with Crippen molar-refractivity contribution in [1.29, 1.82) is 0 Å². The lowest BCUT2D eigenvalue weighted by Gasteiger charge is -2.13. The highest BCUT2D eigenvalue weighted by atomic mass is 16.7. The van der Waals surface area contributed by atoms with Gasteiger partial charge in [-0.15, -0.1) is 0 Å². The summed E-state index contributed by atoms with van der Waals surface area (Å²) in [6.07, 6.45) is 2.55. The van der Waals surface area contributed by atoms with Crippen molar-refractivity contribution >= 4 is 0 Å². The monoisotopic (exact) mass is 203 g/mol. The summed E-state index contributed by atoms with van der Waals surface area (Å²) in [4.78, 5) is 0. The Labute approximate surface area is 85.9 Å². The van der Waals surface area contributed by atoms with E-state index in [9.17, 15) is 0 Å². The SMILES string of the molecule is COC(CNCCOCC1CC1)OC. The van der Waals surface area contributed by atoms with Crippen molar-refractivity contribution in [3.8, 4) is 0 Å².